The molecule has 0 spiro atoms. The second-order valence-electron chi connectivity index (χ2n) is 28.3. The first-order chi connectivity index (χ1) is 45.4. The summed E-state index contributed by atoms with van der Waals surface area (Å²) >= 11 is 0. The number of hydrogen-bond acceptors (Lipinski definition) is 27. The van der Waals surface area contributed by atoms with Crippen molar-refractivity contribution in [2.45, 2.75) is 296 Å². The maximum atomic E-state index is 14.0. The van der Waals surface area contributed by atoms with Crippen LogP contribution in [0.1, 0.15) is 126 Å². The zero-order valence-electron chi connectivity index (χ0n) is 57.2. The SMILES string of the molecule is CC=C(C)C(=O)O[C@@H](C)[C@]1(O)CC[C@@]2(O)[C@]1(C)[C@H](OC(=O)C=Cc1ccccc1)C[C@H]1[C@@]2(O)C=C[C@@]2(O)C[C@@H](O[C@H]3C[C@H](OC)[C@H](O[C@H]4C[C@H](OC)[C@H](O[C@H]5C[C@@H](OC)[C@H](O[C@@H]6O[C@H](C)[C@@H](O[C@@H]7O[C@H](CO)[C@@H](O)[C@H](O)[C@H]7O)[C@@H](OC)[C@H]6O)[C@@H](C)O5)[C@@H](C)O4)[C@@H](C)O3)CC[C@]12C. The van der Waals surface area contributed by atoms with Gasteiger partial charge in [0.25, 0.3) is 0 Å². The summed E-state index contributed by atoms with van der Waals surface area (Å²) in [4.78, 5) is 27.2. The molecule has 5 heterocycles. The maximum absolute atomic E-state index is 14.0. The largest absolute Gasteiger partial charge is 0.458 e. The minimum Gasteiger partial charge on any atom is -0.458 e. The second-order valence-corrected chi connectivity index (χ2v) is 28.3. The van der Waals surface area contributed by atoms with Crippen LogP contribution in [0, 0.1) is 16.7 Å². The zero-order valence-corrected chi connectivity index (χ0v) is 57.2. The van der Waals surface area contributed by atoms with Crippen molar-refractivity contribution in [3.05, 3.63) is 65.8 Å². The Kier molecular flexibility index (Phi) is 23.3. The maximum Gasteiger partial charge on any atom is 0.333 e. The average Bonchev–Trinajstić information content (AvgIpc) is 1.33. The van der Waals surface area contributed by atoms with Crippen molar-refractivity contribution in [2.24, 2.45) is 16.7 Å². The fourth-order valence-electron chi connectivity index (χ4n) is 17.1. The van der Waals surface area contributed by atoms with E-state index in [-0.39, 0.29) is 44.9 Å². The van der Waals surface area contributed by atoms with Crippen molar-refractivity contribution in [1.82, 2.24) is 0 Å². The molecule has 5 aliphatic heterocycles. The number of esters is 2. The molecule has 1 aromatic rings. The van der Waals surface area contributed by atoms with Gasteiger partial charge in [-0.15, -0.1) is 0 Å². The van der Waals surface area contributed by atoms with Crippen LogP contribution in [0.2, 0.25) is 0 Å². The predicted molar refractivity (Wildman–Crippen MR) is 335 cm³/mol. The molecule has 8 fully saturated rings. The first kappa shape index (κ1) is 75.1. The average molecular weight is 1370 g/mol. The summed E-state index contributed by atoms with van der Waals surface area (Å²) in [6.45, 7) is 14.7. The summed E-state index contributed by atoms with van der Waals surface area (Å²) in [5, 5.41) is 105. The van der Waals surface area contributed by atoms with Crippen molar-refractivity contribution < 1.29 is 131 Å². The van der Waals surface area contributed by atoms with Gasteiger partial charge in [0.2, 0.25) is 0 Å². The van der Waals surface area contributed by atoms with Crippen LogP contribution >= 0.6 is 0 Å². The van der Waals surface area contributed by atoms with Gasteiger partial charge in [-0.05, 0) is 92.2 Å². The Morgan fingerprint density at radius 3 is 1.73 bits per heavy atom. The Bertz CT molecular complexity index is 2880. The highest BCUT2D eigenvalue weighted by molar-refractivity contribution is 5.88. The van der Waals surface area contributed by atoms with Crippen LogP contribution in [0.15, 0.2) is 60.2 Å². The van der Waals surface area contributed by atoms with Crippen molar-refractivity contribution in [3.8, 4) is 0 Å². The molecule has 0 bridgehead atoms. The Morgan fingerprint density at radius 1 is 0.635 bits per heavy atom. The van der Waals surface area contributed by atoms with Crippen LogP contribution < -0.4 is 0 Å². The van der Waals surface area contributed by atoms with Crippen molar-refractivity contribution in [1.29, 1.82) is 0 Å². The van der Waals surface area contributed by atoms with Crippen LogP contribution in [0.25, 0.3) is 6.08 Å². The number of methoxy groups -OCH3 is 4. The highest BCUT2D eigenvalue weighted by Gasteiger charge is 2.82. The number of hydrogen-bond donors (Lipinski definition) is 9. The summed E-state index contributed by atoms with van der Waals surface area (Å²) in [5.41, 5.74) is -9.81. The van der Waals surface area contributed by atoms with Gasteiger partial charge in [0.15, 0.2) is 31.5 Å². The van der Waals surface area contributed by atoms with E-state index in [9.17, 15) is 55.5 Å². The van der Waals surface area contributed by atoms with E-state index in [1.54, 1.807) is 67.1 Å². The van der Waals surface area contributed by atoms with E-state index in [0.29, 0.717) is 18.4 Å². The lowest BCUT2D eigenvalue weighted by Gasteiger charge is -2.68. The van der Waals surface area contributed by atoms with Gasteiger partial charge in [0.05, 0.1) is 66.5 Å². The third-order valence-corrected chi connectivity index (χ3v) is 23.2. The molecule has 0 unspecified atom stereocenters. The van der Waals surface area contributed by atoms with Gasteiger partial charge in [0, 0.05) is 77.1 Å². The fourth-order valence-corrected chi connectivity index (χ4v) is 17.1. The molecule has 5 saturated heterocycles. The molecule has 96 heavy (non-hydrogen) atoms. The van der Waals surface area contributed by atoms with E-state index in [4.69, 9.17) is 75.8 Å². The standard InChI is InChI=1S/C69H104O27/c1-14-34(2)61(76)89-39(7)67(78)26-27-69(80)65(67,9)47(92-48(71)21-20-40-18-16-15-17-19-40)31-46-64(8)23-22-41(32-66(64,77)24-25-68(46,69)79)90-49-28-42(81-10)56(35(3)85-49)93-50-29-43(82-11)57(36(4)86-50)94-51-30-44(83-12)58(37(5)87-51)95-63-55(75)60(84-13)59(38(6)88-63)96-62-54(74)53(73)52(72)45(33-70)91-62/h14-21,24-25,35-39,41-47,49-60,62-63,70,72-75,77-80H,22-23,26-33H2,1-13H3/t35-,36-,37-,38-,39+,41+,42+,43+,44-,45-,46-,47-,49+,50+,51+,52-,53+,54-,55-,56-,57-,58-,59-,60+,62+,63+,64-,65-,66-,67-,68+,69-/m1/s1. The molecule has 542 valence electrons. The third-order valence-electron chi connectivity index (χ3n) is 23.2. The minimum atomic E-state index is -2.18. The van der Waals surface area contributed by atoms with E-state index in [2.05, 4.69) is 0 Å². The fraction of sp³-hybridized carbons (Fsp3) is 0.797. The normalized spacial score (nSPS) is 48.5. The van der Waals surface area contributed by atoms with Gasteiger partial charge in [-0.3, -0.25) is 0 Å². The Morgan fingerprint density at radius 2 is 1.18 bits per heavy atom. The molecule has 0 aromatic heterocycles. The third kappa shape index (κ3) is 13.6. The molecular weight excluding hydrogens is 1260 g/mol. The van der Waals surface area contributed by atoms with Gasteiger partial charge in [-0.25, -0.2) is 9.59 Å². The molecule has 0 radical (unpaired) electrons. The molecule has 1 aromatic carbocycles. The quantitative estimate of drug-likeness (QED) is 0.0484. The number of aliphatic hydroxyl groups excluding tert-OH is 5. The Balaban J connectivity index is 0.753. The van der Waals surface area contributed by atoms with Crippen LogP contribution in [0.4, 0.5) is 0 Å². The molecule has 27 heteroatoms. The highest BCUT2D eigenvalue weighted by Crippen LogP contribution is 2.72. The molecule has 9 N–H and O–H groups in total. The van der Waals surface area contributed by atoms with Gasteiger partial charge in [-0.1, -0.05) is 62.4 Å². The molecule has 27 nitrogen and oxygen atoms in total. The predicted octanol–water partition coefficient (Wildman–Crippen LogP) is 2.31. The number of fused-ring (bicyclic) bond motifs is 5. The molecule has 10 rings (SSSR count). The first-order valence-corrected chi connectivity index (χ1v) is 33.8. The van der Waals surface area contributed by atoms with Gasteiger partial charge >= 0.3 is 11.9 Å². The van der Waals surface area contributed by atoms with Crippen LogP contribution in [-0.4, -0.2) is 269 Å². The molecule has 3 saturated carbocycles. The van der Waals surface area contributed by atoms with Crippen molar-refractivity contribution >= 4 is 18.0 Å². The lowest BCUT2D eigenvalue weighted by molar-refractivity contribution is -0.374. The summed E-state index contributed by atoms with van der Waals surface area (Å²) in [5.74, 6) is -2.35. The molecule has 9 aliphatic rings. The molecule has 0 amide bonds. The highest BCUT2D eigenvalue weighted by atomic mass is 16.8. The number of carbonyl (C=O) groups excluding carboxylic acids is 2. The summed E-state index contributed by atoms with van der Waals surface area (Å²) in [6, 6.07) is 9.15. The van der Waals surface area contributed by atoms with E-state index < -0.39 is 211 Å². The van der Waals surface area contributed by atoms with E-state index >= 15 is 0 Å². The first-order valence-electron chi connectivity index (χ1n) is 33.8. The lowest BCUT2D eigenvalue weighted by atomic mass is 9.41. The van der Waals surface area contributed by atoms with Gasteiger partial charge < -0.3 is 122 Å². The smallest absolute Gasteiger partial charge is 0.333 e. The lowest BCUT2D eigenvalue weighted by Crippen LogP contribution is -2.80. The molecule has 4 aliphatic carbocycles. The Hall–Kier alpha value is -3.54. The van der Waals surface area contributed by atoms with Gasteiger partial charge in [-0.2, -0.15) is 0 Å². The molecular formula is C69H104O27. The number of carbonyl (C=O) groups is 2. The van der Waals surface area contributed by atoms with Crippen molar-refractivity contribution in [2.75, 3.05) is 35.0 Å². The van der Waals surface area contributed by atoms with Crippen LogP contribution in [0.5, 0.6) is 0 Å². The number of allylic oxidation sites excluding steroid dienone is 1. The number of aliphatic hydroxyl groups is 9. The monoisotopic (exact) mass is 1360 g/mol. The Labute approximate surface area is 561 Å². The number of ether oxygens (including phenoxy) is 16. The number of benzene rings is 1. The van der Waals surface area contributed by atoms with Crippen molar-refractivity contribution in [3.63, 3.8) is 0 Å². The summed E-state index contributed by atoms with van der Waals surface area (Å²) < 4.78 is 99.6. The van der Waals surface area contributed by atoms with Gasteiger partial charge in [0.1, 0.15) is 90.1 Å². The van der Waals surface area contributed by atoms with E-state index in [1.807, 2.05) is 51.1 Å². The van der Waals surface area contributed by atoms with E-state index in [1.165, 1.54) is 33.3 Å². The summed E-state index contributed by atoms with van der Waals surface area (Å²) in [6.07, 6.45) is -15.9. The number of rotatable bonds is 21. The van der Waals surface area contributed by atoms with Crippen LogP contribution in [-0.2, 0) is 85.4 Å². The molecule has 32 atom stereocenters. The second kappa shape index (κ2) is 29.8. The summed E-state index contributed by atoms with van der Waals surface area (Å²) in [7, 11) is 6.03. The minimum absolute atomic E-state index is 0.0760. The zero-order chi connectivity index (χ0) is 69.8. The van der Waals surface area contributed by atoms with E-state index in [0.717, 1.165) is 5.56 Å². The topological polar surface area (TPSA) is 364 Å². The van der Waals surface area contributed by atoms with Crippen LogP contribution in [0.3, 0.4) is 0 Å².